The first-order valence-corrected chi connectivity index (χ1v) is 5.74. The molecule has 0 bridgehead atoms. The van der Waals surface area contributed by atoms with Gasteiger partial charge in [0, 0.05) is 13.1 Å². The monoisotopic (exact) mass is 294 g/mol. The molecule has 0 aliphatic carbocycles. The third-order valence-corrected chi connectivity index (χ3v) is 2.42. The third-order valence-electron chi connectivity index (χ3n) is 2.42. The SMILES string of the molecule is CNc1cc(Oc2ccc(C#N)cc2)nc(C(F)(F)F)n1. The Morgan fingerprint density at radius 3 is 2.38 bits per heavy atom. The largest absolute Gasteiger partial charge is 0.451 e. The minimum atomic E-state index is -4.67. The first-order valence-electron chi connectivity index (χ1n) is 5.74. The Kier molecular flexibility index (Phi) is 3.93. The topological polar surface area (TPSA) is 70.8 Å². The number of nitriles is 1. The van der Waals surface area contributed by atoms with E-state index >= 15 is 0 Å². The lowest BCUT2D eigenvalue weighted by Gasteiger charge is -2.10. The second-order valence-corrected chi connectivity index (χ2v) is 3.90. The number of nitrogens with one attached hydrogen (secondary N) is 1. The Balaban J connectivity index is 2.32. The van der Waals surface area contributed by atoms with Gasteiger partial charge in [0.1, 0.15) is 11.6 Å². The zero-order valence-electron chi connectivity index (χ0n) is 10.8. The molecule has 1 heterocycles. The molecule has 0 unspecified atom stereocenters. The second kappa shape index (κ2) is 5.66. The molecule has 2 rings (SSSR count). The minimum Gasteiger partial charge on any atom is -0.439 e. The summed E-state index contributed by atoms with van der Waals surface area (Å²) in [5.41, 5.74) is 0.414. The summed E-state index contributed by atoms with van der Waals surface area (Å²) in [5, 5.41) is 11.2. The van der Waals surface area contributed by atoms with Crippen molar-refractivity contribution in [3.63, 3.8) is 0 Å². The van der Waals surface area contributed by atoms with Gasteiger partial charge in [-0.3, -0.25) is 0 Å². The van der Waals surface area contributed by atoms with Gasteiger partial charge in [0.05, 0.1) is 11.6 Å². The molecule has 0 aliphatic rings. The molecule has 1 N–H and O–H groups in total. The van der Waals surface area contributed by atoms with Crippen molar-refractivity contribution in [1.29, 1.82) is 5.26 Å². The highest BCUT2D eigenvalue weighted by Gasteiger charge is 2.35. The standard InChI is InChI=1S/C13H9F3N4O/c1-18-10-6-11(20-12(19-10)13(14,15)16)21-9-4-2-8(7-17)3-5-9/h2-6H,1H3,(H,18,19,20). The third kappa shape index (κ3) is 3.60. The molecule has 0 amide bonds. The minimum absolute atomic E-state index is 0.0130. The van der Waals surface area contributed by atoms with Crippen molar-refractivity contribution in [3.05, 3.63) is 41.7 Å². The van der Waals surface area contributed by atoms with Crippen LogP contribution in [-0.2, 0) is 6.18 Å². The van der Waals surface area contributed by atoms with Crippen molar-refractivity contribution in [2.24, 2.45) is 0 Å². The van der Waals surface area contributed by atoms with Gasteiger partial charge < -0.3 is 10.1 Å². The number of benzene rings is 1. The Morgan fingerprint density at radius 2 is 1.86 bits per heavy atom. The van der Waals surface area contributed by atoms with Gasteiger partial charge in [-0.05, 0) is 24.3 Å². The van der Waals surface area contributed by atoms with E-state index in [0.29, 0.717) is 5.56 Å². The van der Waals surface area contributed by atoms with Gasteiger partial charge in [-0.2, -0.15) is 23.4 Å². The summed E-state index contributed by atoms with van der Waals surface area (Å²) in [6.07, 6.45) is -4.67. The molecule has 0 radical (unpaired) electrons. The maximum absolute atomic E-state index is 12.7. The van der Waals surface area contributed by atoms with E-state index in [-0.39, 0.29) is 17.4 Å². The van der Waals surface area contributed by atoms with E-state index < -0.39 is 12.0 Å². The molecule has 0 saturated heterocycles. The van der Waals surface area contributed by atoms with Crippen molar-refractivity contribution in [3.8, 4) is 17.7 Å². The van der Waals surface area contributed by atoms with Crippen LogP contribution >= 0.6 is 0 Å². The van der Waals surface area contributed by atoms with E-state index in [4.69, 9.17) is 10.00 Å². The van der Waals surface area contributed by atoms with Gasteiger partial charge >= 0.3 is 6.18 Å². The van der Waals surface area contributed by atoms with Crippen LogP contribution in [0.2, 0.25) is 0 Å². The number of anilines is 1. The van der Waals surface area contributed by atoms with Crippen LogP contribution < -0.4 is 10.1 Å². The van der Waals surface area contributed by atoms with Gasteiger partial charge in [0.25, 0.3) is 0 Å². The highest BCUT2D eigenvalue weighted by atomic mass is 19.4. The number of hydrogen-bond donors (Lipinski definition) is 1. The first-order chi connectivity index (χ1) is 9.92. The van der Waals surface area contributed by atoms with Crippen molar-refractivity contribution in [1.82, 2.24) is 9.97 Å². The molecule has 0 fully saturated rings. The number of nitrogens with zero attached hydrogens (tertiary/aromatic N) is 3. The predicted molar refractivity (Wildman–Crippen MR) is 67.8 cm³/mol. The van der Waals surface area contributed by atoms with Crippen LogP contribution in [0.15, 0.2) is 30.3 Å². The average Bonchev–Trinajstić information content (AvgIpc) is 2.46. The molecule has 1 aromatic heterocycles. The molecule has 108 valence electrons. The van der Waals surface area contributed by atoms with Crippen LogP contribution in [0.5, 0.6) is 11.6 Å². The van der Waals surface area contributed by atoms with Gasteiger partial charge in [-0.15, -0.1) is 0 Å². The van der Waals surface area contributed by atoms with Crippen molar-refractivity contribution in [2.45, 2.75) is 6.18 Å². The number of alkyl halides is 3. The summed E-state index contributed by atoms with van der Waals surface area (Å²) < 4.78 is 43.3. The van der Waals surface area contributed by atoms with Crippen molar-refractivity contribution < 1.29 is 17.9 Å². The van der Waals surface area contributed by atoms with E-state index in [1.54, 1.807) is 0 Å². The normalized spacial score (nSPS) is 10.8. The van der Waals surface area contributed by atoms with Crippen LogP contribution in [0.4, 0.5) is 19.0 Å². The summed E-state index contributed by atoms with van der Waals surface area (Å²) in [5.74, 6) is -1.28. The maximum Gasteiger partial charge on any atom is 0.451 e. The summed E-state index contributed by atoms with van der Waals surface area (Å²) in [6, 6.07) is 9.07. The summed E-state index contributed by atoms with van der Waals surface area (Å²) in [6.45, 7) is 0. The van der Waals surface area contributed by atoms with Gasteiger partial charge in [-0.1, -0.05) is 0 Å². The Bertz CT molecular complexity index is 677. The molecule has 8 heteroatoms. The molecule has 21 heavy (non-hydrogen) atoms. The quantitative estimate of drug-likeness (QED) is 0.941. The van der Waals surface area contributed by atoms with Crippen LogP contribution in [0, 0.1) is 11.3 Å². The van der Waals surface area contributed by atoms with Crippen LogP contribution in [0.25, 0.3) is 0 Å². The fraction of sp³-hybridized carbons (Fsp3) is 0.154. The second-order valence-electron chi connectivity index (χ2n) is 3.90. The highest BCUT2D eigenvalue weighted by molar-refractivity contribution is 5.41. The van der Waals surface area contributed by atoms with E-state index in [1.807, 2.05) is 6.07 Å². The van der Waals surface area contributed by atoms with Crippen LogP contribution in [0.1, 0.15) is 11.4 Å². The summed E-state index contributed by atoms with van der Waals surface area (Å²) in [7, 11) is 1.44. The highest BCUT2D eigenvalue weighted by Crippen LogP contribution is 2.30. The molecular weight excluding hydrogens is 285 g/mol. The van der Waals surface area contributed by atoms with E-state index in [1.165, 1.54) is 37.4 Å². The first kappa shape index (κ1) is 14.6. The Labute approximate surface area is 118 Å². The molecule has 0 spiro atoms. The number of hydrogen-bond acceptors (Lipinski definition) is 5. The molecule has 0 atom stereocenters. The Morgan fingerprint density at radius 1 is 1.19 bits per heavy atom. The van der Waals surface area contributed by atoms with E-state index in [2.05, 4.69) is 15.3 Å². The predicted octanol–water partition coefficient (Wildman–Crippen LogP) is 3.20. The average molecular weight is 294 g/mol. The maximum atomic E-state index is 12.7. The Hall–Kier alpha value is -2.82. The zero-order valence-corrected chi connectivity index (χ0v) is 10.8. The molecule has 0 saturated carbocycles. The number of ether oxygens (including phenoxy) is 1. The van der Waals surface area contributed by atoms with Crippen molar-refractivity contribution in [2.75, 3.05) is 12.4 Å². The van der Waals surface area contributed by atoms with Crippen LogP contribution in [0.3, 0.4) is 0 Å². The van der Waals surface area contributed by atoms with Gasteiger partial charge in [0.15, 0.2) is 0 Å². The fourth-order valence-corrected chi connectivity index (χ4v) is 1.45. The van der Waals surface area contributed by atoms with Gasteiger partial charge in [0.2, 0.25) is 11.7 Å². The van der Waals surface area contributed by atoms with E-state index in [9.17, 15) is 13.2 Å². The lowest BCUT2D eigenvalue weighted by Crippen LogP contribution is -2.12. The summed E-state index contributed by atoms with van der Waals surface area (Å²) >= 11 is 0. The number of aromatic nitrogens is 2. The summed E-state index contributed by atoms with van der Waals surface area (Å²) in [4.78, 5) is 6.65. The molecular formula is C13H9F3N4O. The molecule has 1 aromatic carbocycles. The van der Waals surface area contributed by atoms with Gasteiger partial charge in [-0.25, -0.2) is 4.98 Å². The fourth-order valence-electron chi connectivity index (χ4n) is 1.45. The molecule has 0 aliphatic heterocycles. The number of rotatable bonds is 3. The number of halogens is 3. The van der Waals surface area contributed by atoms with E-state index in [0.717, 1.165) is 0 Å². The zero-order chi connectivity index (χ0) is 15.5. The molecule has 5 nitrogen and oxygen atoms in total. The smallest absolute Gasteiger partial charge is 0.439 e. The lowest BCUT2D eigenvalue weighted by atomic mass is 10.2. The van der Waals surface area contributed by atoms with Crippen LogP contribution in [-0.4, -0.2) is 17.0 Å². The molecule has 2 aromatic rings. The lowest BCUT2D eigenvalue weighted by molar-refractivity contribution is -0.145. The van der Waals surface area contributed by atoms with Crippen molar-refractivity contribution >= 4 is 5.82 Å².